The van der Waals surface area contributed by atoms with Crippen molar-refractivity contribution in [2.75, 3.05) is 39.4 Å². The summed E-state index contributed by atoms with van der Waals surface area (Å²) in [5.41, 5.74) is -2.10. The van der Waals surface area contributed by atoms with Crippen LogP contribution in [0.2, 0.25) is 0 Å². The number of halogens is 6. The Morgan fingerprint density at radius 2 is 0.951 bits per heavy atom. The lowest BCUT2D eigenvalue weighted by Gasteiger charge is -2.34. The van der Waals surface area contributed by atoms with Crippen LogP contribution in [0.1, 0.15) is 82.1 Å². The average molecular weight is 861 g/mol. The molecule has 4 aromatic rings. The molecule has 0 bridgehead atoms. The lowest BCUT2D eigenvalue weighted by molar-refractivity contribution is -0.164. The van der Waals surface area contributed by atoms with Crippen molar-refractivity contribution in [3.63, 3.8) is 0 Å². The van der Waals surface area contributed by atoms with Crippen LogP contribution in [0.15, 0.2) is 97.3 Å². The molecule has 0 aliphatic carbocycles. The molecule has 332 valence electrons. The molecule has 10 nitrogen and oxygen atoms in total. The van der Waals surface area contributed by atoms with Gasteiger partial charge >= 0.3 is 24.3 Å². The number of alkyl halides is 6. The third kappa shape index (κ3) is 13.4. The Balaban J connectivity index is 0.000000264. The molecule has 0 spiro atoms. The van der Waals surface area contributed by atoms with Gasteiger partial charge in [0.15, 0.2) is 0 Å². The standard InChI is InChI=1S/2C22H25F3N2O3.CH4/c2*1-21(2,14-29-19-17(22(23,24)25)9-6-11-27-19)20(28)30-18-10-12-26-13-16(18)15-7-4-3-5-8-15;/h2*3-9,11,16,18,26H,10,12-14H2,1-2H3;1H4/t2*16-,18+;/m10./s1. The topological polar surface area (TPSA) is 121 Å². The van der Waals surface area contributed by atoms with Gasteiger partial charge in [-0.15, -0.1) is 0 Å². The van der Waals surface area contributed by atoms with E-state index in [1.807, 2.05) is 60.7 Å². The van der Waals surface area contributed by atoms with E-state index in [4.69, 9.17) is 18.9 Å². The molecule has 16 heteroatoms. The fourth-order valence-corrected chi connectivity index (χ4v) is 6.67. The molecule has 4 atom stereocenters. The summed E-state index contributed by atoms with van der Waals surface area (Å²) < 4.78 is 101. The van der Waals surface area contributed by atoms with Gasteiger partial charge < -0.3 is 29.6 Å². The summed E-state index contributed by atoms with van der Waals surface area (Å²) in [6.07, 6.45) is -6.08. The molecule has 0 amide bonds. The number of rotatable bonds is 12. The normalized spacial score (nSPS) is 19.6. The number of benzene rings is 2. The van der Waals surface area contributed by atoms with Crippen LogP contribution in [0.5, 0.6) is 11.8 Å². The third-order valence-corrected chi connectivity index (χ3v) is 10.2. The Bertz CT molecular complexity index is 1860. The van der Waals surface area contributed by atoms with Gasteiger partial charge in [0.05, 0.1) is 10.8 Å². The highest BCUT2D eigenvalue weighted by atomic mass is 19.4. The lowest BCUT2D eigenvalue weighted by atomic mass is 9.88. The van der Waals surface area contributed by atoms with Crippen molar-refractivity contribution in [3.8, 4) is 11.8 Å². The number of nitrogens with one attached hydrogen (secondary N) is 2. The first-order valence-electron chi connectivity index (χ1n) is 19.6. The first kappa shape index (κ1) is 48.4. The molecule has 6 rings (SSSR count). The van der Waals surface area contributed by atoms with E-state index < -0.39 is 58.0 Å². The maximum Gasteiger partial charge on any atom is 0.421 e. The number of carbonyl (C=O) groups is 2. The van der Waals surface area contributed by atoms with Crippen molar-refractivity contribution in [2.24, 2.45) is 10.8 Å². The lowest BCUT2D eigenvalue weighted by Crippen LogP contribution is -2.44. The van der Waals surface area contributed by atoms with Gasteiger partial charge in [-0.2, -0.15) is 26.3 Å². The van der Waals surface area contributed by atoms with Gasteiger partial charge in [-0.25, -0.2) is 9.97 Å². The number of pyridine rings is 2. The molecule has 4 heterocycles. The zero-order valence-electron chi connectivity index (χ0n) is 33.8. The minimum Gasteiger partial charge on any atom is -0.476 e. The van der Waals surface area contributed by atoms with E-state index in [0.29, 0.717) is 25.9 Å². The van der Waals surface area contributed by atoms with Gasteiger partial charge in [-0.05, 0) is 89.0 Å². The Morgan fingerprint density at radius 3 is 1.30 bits per heavy atom. The number of nitrogens with zero attached hydrogens (tertiary/aromatic N) is 2. The highest BCUT2D eigenvalue weighted by Gasteiger charge is 2.41. The van der Waals surface area contributed by atoms with Gasteiger partial charge in [-0.3, -0.25) is 9.59 Å². The molecular formula is C45H54F6N4O6. The van der Waals surface area contributed by atoms with Crippen molar-refractivity contribution < 1.29 is 54.9 Å². The van der Waals surface area contributed by atoms with Crippen molar-refractivity contribution in [3.05, 3.63) is 120 Å². The number of carbonyl (C=O) groups excluding carboxylic acids is 2. The van der Waals surface area contributed by atoms with E-state index in [0.717, 1.165) is 36.3 Å². The number of aromatic nitrogens is 2. The summed E-state index contributed by atoms with van der Waals surface area (Å²) in [7, 11) is 0. The number of hydrogen-bond acceptors (Lipinski definition) is 10. The van der Waals surface area contributed by atoms with Crippen LogP contribution in [-0.2, 0) is 31.4 Å². The zero-order valence-corrected chi connectivity index (χ0v) is 33.8. The van der Waals surface area contributed by atoms with E-state index in [-0.39, 0.29) is 44.7 Å². The maximum absolute atomic E-state index is 13.1. The van der Waals surface area contributed by atoms with Gasteiger partial charge in [0.2, 0.25) is 11.8 Å². The Morgan fingerprint density at radius 1 is 0.590 bits per heavy atom. The van der Waals surface area contributed by atoms with E-state index >= 15 is 0 Å². The predicted octanol–water partition coefficient (Wildman–Crippen LogP) is 9.02. The second-order valence-corrected chi connectivity index (χ2v) is 16.0. The number of ether oxygens (including phenoxy) is 4. The molecule has 0 radical (unpaired) electrons. The van der Waals surface area contributed by atoms with Gasteiger partial charge in [0.1, 0.15) is 36.5 Å². The molecule has 2 saturated heterocycles. The summed E-state index contributed by atoms with van der Waals surface area (Å²) in [6, 6.07) is 23.7. The molecule has 0 unspecified atom stereocenters. The highest BCUT2D eigenvalue weighted by Crippen LogP contribution is 2.37. The molecule has 61 heavy (non-hydrogen) atoms. The monoisotopic (exact) mass is 860 g/mol. The SMILES string of the molecule is C.CC(C)(COc1ncccc1C(F)(F)F)C(=O)O[C@@H]1CCNC[C@H]1c1ccccc1.CC(C)(COc1ncccc1C(F)(F)F)C(=O)O[C@H]1CCNC[C@@H]1c1ccccc1. The quantitative estimate of drug-likeness (QED) is 0.106. The van der Waals surface area contributed by atoms with Crippen LogP contribution in [0.3, 0.4) is 0 Å². The Kier molecular flexibility index (Phi) is 16.7. The molecule has 2 aliphatic rings. The summed E-state index contributed by atoms with van der Waals surface area (Å²) >= 11 is 0. The molecule has 2 N–H and O–H groups in total. The number of piperidine rings is 2. The summed E-state index contributed by atoms with van der Waals surface area (Å²) in [6.45, 7) is 8.59. The molecule has 2 fully saturated rings. The highest BCUT2D eigenvalue weighted by molar-refractivity contribution is 5.77. The summed E-state index contributed by atoms with van der Waals surface area (Å²) in [4.78, 5) is 33.0. The van der Waals surface area contributed by atoms with Crippen LogP contribution in [0, 0.1) is 10.8 Å². The molecule has 2 aliphatic heterocycles. The van der Waals surface area contributed by atoms with E-state index in [1.165, 1.54) is 24.5 Å². The second kappa shape index (κ2) is 21.0. The fraction of sp³-hybridized carbons (Fsp3) is 0.467. The van der Waals surface area contributed by atoms with Crippen molar-refractivity contribution in [1.29, 1.82) is 0 Å². The number of hydrogen-bond donors (Lipinski definition) is 2. The largest absolute Gasteiger partial charge is 0.476 e. The first-order valence-corrected chi connectivity index (χ1v) is 19.6. The van der Waals surface area contributed by atoms with E-state index in [9.17, 15) is 35.9 Å². The van der Waals surface area contributed by atoms with Crippen LogP contribution >= 0.6 is 0 Å². The summed E-state index contributed by atoms with van der Waals surface area (Å²) in [5, 5.41) is 6.62. The van der Waals surface area contributed by atoms with Crippen molar-refractivity contribution in [2.45, 2.75) is 84.4 Å². The second-order valence-electron chi connectivity index (χ2n) is 16.0. The van der Waals surface area contributed by atoms with Crippen LogP contribution in [-0.4, -0.2) is 73.5 Å². The maximum atomic E-state index is 13.1. The van der Waals surface area contributed by atoms with E-state index in [1.54, 1.807) is 27.7 Å². The molecule has 2 aromatic carbocycles. The van der Waals surface area contributed by atoms with Crippen molar-refractivity contribution >= 4 is 11.9 Å². The first-order chi connectivity index (χ1) is 28.4. The minimum atomic E-state index is -4.59. The number of esters is 2. The molecule has 2 aromatic heterocycles. The van der Waals surface area contributed by atoms with Crippen LogP contribution in [0.25, 0.3) is 0 Å². The molecule has 0 saturated carbocycles. The zero-order chi connectivity index (χ0) is 43.6. The smallest absolute Gasteiger partial charge is 0.421 e. The molecular weight excluding hydrogens is 807 g/mol. The fourth-order valence-electron chi connectivity index (χ4n) is 6.67. The minimum absolute atomic E-state index is 0. The van der Waals surface area contributed by atoms with Crippen molar-refractivity contribution in [1.82, 2.24) is 20.6 Å². The van der Waals surface area contributed by atoms with E-state index in [2.05, 4.69) is 20.6 Å². The van der Waals surface area contributed by atoms with Gasteiger partial charge in [0, 0.05) is 37.3 Å². The average Bonchev–Trinajstić information content (AvgIpc) is 3.23. The van der Waals surface area contributed by atoms with Gasteiger partial charge in [-0.1, -0.05) is 68.1 Å². The van der Waals surface area contributed by atoms with Crippen LogP contribution < -0.4 is 20.1 Å². The van der Waals surface area contributed by atoms with Gasteiger partial charge in [0.25, 0.3) is 0 Å². The predicted molar refractivity (Wildman–Crippen MR) is 217 cm³/mol. The summed E-state index contributed by atoms with van der Waals surface area (Å²) in [5.74, 6) is -2.11. The van der Waals surface area contributed by atoms with Crippen LogP contribution in [0.4, 0.5) is 26.3 Å². The Hall–Kier alpha value is -5.22. The Labute approximate surface area is 352 Å². The third-order valence-electron chi connectivity index (χ3n) is 10.2.